The second-order valence-corrected chi connectivity index (χ2v) is 15.3. The second-order valence-electron chi connectivity index (χ2n) is 13.7. The molecule has 1 aliphatic rings. The molecule has 7 rings (SSSR count). The Hall–Kier alpha value is -6.36. The number of benzene rings is 2. The number of nitrogens with zero attached hydrogens (tertiary/aromatic N) is 6. The van der Waals surface area contributed by atoms with Crippen LogP contribution >= 0.6 is 0 Å². The summed E-state index contributed by atoms with van der Waals surface area (Å²) in [6.45, 7) is 1.92. The van der Waals surface area contributed by atoms with E-state index in [0.29, 0.717) is 70.6 Å². The predicted octanol–water partition coefficient (Wildman–Crippen LogP) is 5.43. The molecule has 6 aromatic rings. The van der Waals surface area contributed by atoms with Crippen LogP contribution in [0.5, 0.6) is 0 Å². The van der Waals surface area contributed by atoms with Gasteiger partial charge < -0.3 is 10.1 Å². The van der Waals surface area contributed by atoms with Crippen LogP contribution in [0.3, 0.4) is 0 Å². The lowest BCUT2D eigenvalue weighted by atomic mass is 9.97. The number of ether oxygens (including phenoxy) is 1. The van der Waals surface area contributed by atoms with Gasteiger partial charge in [-0.05, 0) is 67.6 Å². The molecule has 2 aromatic carbocycles. The van der Waals surface area contributed by atoms with E-state index >= 15 is 8.78 Å². The van der Waals surface area contributed by atoms with E-state index < -0.39 is 50.8 Å². The number of rotatable bonds is 12. The smallest absolute Gasteiger partial charge is 0.329 e. The number of aryl methyl sites for hydroxylation is 2. The molecule has 0 bridgehead atoms. The summed E-state index contributed by atoms with van der Waals surface area (Å²) in [4.78, 5) is 56.9. The van der Waals surface area contributed by atoms with Crippen LogP contribution in [0.2, 0.25) is 0 Å². The van der Waals surface area contributed by atoms with Crippen LogP contribution in [0.15, 0.2) is 95.3 Å². The van der Waals surface area contributed by atoms with E-state index in [1.54, 1.807) is 48.5 Å². The first-order valence-corrected chi connectivity index (χ1v) is 19.8. The summed E-state index contributed by atoms with van der Waals surface area (Å²) in [5.41, 5.74) is 0.930. The van der Waals surface area contributed by atoms with Gasteiger partial charge >= 0.3 is 5.97 Å². The minimum atomic E-state index is -4.39. The van der Waals surface area contributed by atoms with Gasteiger partial charge in [-0.25, -0.2) is 36.6 Å². The van der Waals surface area contributed by atoms with Crippen molar-refractivity contribution >= 4 is 38.5 Å². The number of carbonyl (C=O) groups excluding carboxylic acids is 2. The molecule has 0 spiro atoms. The third kappa shape index (κ3) is 8.42. The van der Waals surface area contributed by atoms with E-state index in [4.69, 9.17) is 4.74 Å². The molecular formula is C40H38F2N8O6S. The Kier molecular flexibility index (Phi) is 11.2. The number of amides is 1. The van der Waals surface area contributed by atoms with Crippen molar-refractivity contribution in [2.45, 2.75) is 68.9 Å². The number of aromatic nitrogens is 6. The van der Waals surface area contributed by atoms with Crippen molar-refractivity contribution in [2.75, 3.05) is 4.72 Å². The Morgan fingerprint density at radius 3 is 2.32 bits per heavy atom. The summed E-state index contributed by atoms with van der Waals surface area (Å²) in [6, 6.07) is 10.3. The maximum Gasteiger partial charge on any atom is 0.329 e. The fraction of sp³-hybridized carbons (Fsp3) is 0.275. The molecule has 1 saturated carbocycles. The molecule has 4 aromatic heterocycles. The highest BCUT2D eigenvalue weighted by Crippen LogP contribution is 2.26. The number of carbonyl (C=O) groups is 2. The monoisotopic (exact) mass is 796 g/mol. The fourth-order valence-electron chi connectivity index (χ4n) is 6.72. The number of anilines is 1. The van der Waals surface area contributed by atoms with Crippen molar-refractivity contribution in [1.82, 2.24) is 34.6 Å². The Morgan fingerprint density at radius 2 is 1.65 bits per heavy atom. The predicted molar refractivity (Wildman–Crippen MR) is 206 cm³/mol. The Balaban J connectivity index is 1.08. The first kappa shape index (κ1) is 38.9. The number of sulfonamides is 1. The Morgan fingerprint density at radius 1 is 0.912 bits per heavy atom. The van der Waals surface area contributed by atoms with Crippen molar-refractivity contribution < 1.29 is 31.5 Å². The highest BCUT2D eigenvalue weighted by molar-refractivity contribution is 7.92. The molecule has 2 N–H and O–H groups in total. The van der Waals surface area contributed by atoms with Crippen LogP contribution in [0.25, 0.3) is 27.7 Å². The SMILES string of the molecule is CCc1ncc(-c2ccc(S(=O)(=O)Nc3cc(F)c(C(=O)N[C@@H](Cc4ccc(-n5c(=O)c6ccncc6n5C)cn4)C(=O)OC4CCCCC4)cc3F)cc2)cn1. The van der Waals surface area contributed by atoms with Gasteiger partial charge in [-0.3, -0.25) is 29.0 Å². The fourth-order valence-corrected chi connectivity index (χ4v) is 7.78. The molecule has 1 aliphatic carbocycles. The molecule has 17 heteroatoms. The van der Waals surface area contributed by atoms with Gasteiger partial charge in [-0.15, -0.1) is 0 Å². The zero-order valence-electron chi connectivity index (χ0n) is 31.0. The summed E-state index contributed by atoms with van der Waals surface area (Å²) in [5, 5.41) is 2.93. The largest absolute Gasteiger partial charge is 0.461 e. The lowest BCUT2D eigenvalue weighted by Crippen LogP contribution is -2.45. The summed E-state index contributed by atoms with van der Waals surface area (Å²) >= 11 is 0. The highest BCUT2D eigenvalue weighted by Gasteiger charge is 2.29. The lowest BCUT2D eigenvalue weighted by Gasteiger charge is -2.25. The minimum Gasteiger partial charge on any atom is -0.461 e. The molecule has 1 atom stereocenters. The number of hydrogen-bond donors (Lipinski definition) is 2. The zero-order valence-corrected chi connectivity index (χ0v) is 31.8. The number of pyridine rings is 2. The highest BCUT2D eigenvalue weighted by atomic mass is 32.2. The first-order valence-electron chi connectivity index (χ1n) is 18.3. The Labute approximate surface area is 326 Å². The average Bonchev–Trinajstić information content (AvgIpc) is 3.48. The number of esters is 1. The van der Waals surface area contributed by atoms with Crippen molar-refractivity contribution in [1.29, 1.82) is 0 Å². The number of fused-ring (bicyclic) bond motifs is 1. The number of nitrogens with one attached hydrogen (secondary N) is 2. The quantitative estimate of drug-likeness (QED) is 0.152. The lowest BCUT2D eigenvalue weighted by molar-refractivity contribution is -0.152. The maximum atomic E-state index is 15.5. The third-order valence-corrected chi connectivity index (χ3v) is 11.2. The second kappa shape index (κ2) is 16.4. The molecular weight excluding hydrogens is 759 g/mol. The van der Waals surface area contributed by atoms with E-state index in [-0.39, 0.29) is 23.0 Å². The van der Waals surface area contributed by atoms with Gasteiger partial charge in [-0.1, -0.05) is 25.5 Å². The van der Waals surface area contributed by atoms with Gasteiger partial charge in [0.15, 0.2) is 0 Å². The molecule has 1 fully saturated rings. The average molecular weight is 797 g/mol. The molecule has 0 saturated heterocycles. The van der Waals surface area contributed by atoms with Gasteiger partial charge in [0.2, 0.25) is 0 Å². The van der Waals surface area contributed by atoms with E-state index in [1.807, 2.05) is 11.6 Å². The minimum absolute atomic E-state index is 0.177. The van der Waals surface area contributed by atoms with Gasteiger partial charge in [0.1, 0.15) is 29.6 Å². The van der Waals surface area contributed by atoms with Crippen molar-refractivity contribution in [3.05, 3.63) is 125 Å². The van der Waals surface area contributed by atoms with Crippen molar-refractivity contribution in [3.8, 4) is 16.8 Å². The van der Waals surface area contributed by atoms with Gasteiger partial charge in [0.25, 0.3) is 21.5 Å². The summed E-state index contributed by atoms with van der Waals surface area (Å²) in [7, 11) is -2.68. The van der Waals surface area contributed by atoms with Crippen LogP contribution in [-0.2, 0) is 39.4 Å². The standard InChI is InChI=1S/C40H38F2N8O6S/c1-3-37-45-20-25(21-46-37)24-9-13-29(14-10-24)57(54,55)48-34-19-32(41)31(18-33(34)42)38(51)47-35(40(53)56-28-7-5-4-6-8-28)17-26-11-12-27(22-44-26)50-39(52)30-15-16-43-23-36(30)49(50)2/h9-16,18-23,28,35,48H,3-8,17H2,1-2H3,(H,47,51)/t35-/m0/s1. The maximum absolute atomic E-state index is 15.5. The van der Waals surface area contributed by atoms with E-state index in [2.05, 4.69) is 25.3 Å². The molecule has 0 unspecified atom stereocenters. The molecule has 4 heterocycles. The number of halogens is 2. The van der Waals surface area contributed by atoms with Crippen molar-refractivity contribution in [3.63, 3.8) is 0 Å². The third-order valence-electron chi connectivity index (χ3n) is 9.83. The Bertz CT molecular complexity index is 2610. The number of hydrogen-bond acceptors (Lipinski definition) is 10. The van der Waals surface area contributed by atoms with E-state index in [9.17, 15) is 22.8 Å². The summed E-state index contributed by atoms with van der Waals surface area (Å²) < 4.78 is 68.1. The molecule has 294 valence electrons. The van der Waals surface area contributed by atoms with E-state index in [0.717, 1.165) is 19.3 Å². The van der Waals surface area contributed by atoms with Crippen LogP contribution in [-0.4, -0.2) is 61.7 Å². The molecule has 1 amide bonds. The first-order chi connectivity index (χ1) is 27.4. The van der Waals surface area contributed by atoms with E-state index in [1.165, 1.54) is 41.3 Å². The molecule has 0 radical (unpaired) electrons. The summed E-state index contributed by atoms with van der Waals surface area (Å²) in [6.07, 6.45) is 11.9. The van der Waals surface area contributed by atoms with Crippen LogP contribution in [0, 0.1) is 11.6 Å². The van der Waals surface area contributed by atoms with Crippen LogP contribution < -0.4 is 15.6 Å². The normalized spacial score (nSPS) is 14.0. The molecule has 57 heavy (non-hydrogen) atoms. The zero-order chi connectivity index (χ0) is 40.3. The molecule has 14 nitrogen and oxygen atoms in total. The van der Waals surface area contributed by atoms with Crippen molar-refractivity contribution in [2.24, 2.45) is 7.05 Å². The van der Waals surface area contributed by atoms with Gasteiger partial charge in [-0.2, -0.15) is 0 Å². The van der Waals surface area contributed by atoms with Crippen LogP contribution in [0.4, 0.5) is 14.5 Å². The van der Waals surface area contributed by atoms with Gasteiger partial charge in [0.05, 0.1) is 45.1 Å². The topological polar surface area (TPSA) is 180 Å². The van der Waals surface area contributed by atoms with Gasteiger partial charge in [0, 0.05) is 55.8 Å². The molecule has 0 aliphatic heterocycles. The summed E-state index contributed by atoms with van der Waals surface area (Å²) in [5.74, 6) is -3.72. The van der Waals surface area contributed by atoms with Crippen LogP contribution in [0.1, 0.15) is 60.9 Å².